The summed E-state index contributed by atoms with van der Waals surface area (Å²) in [6.07, 6.45) is 0. The van der Waals surface area contributed by atoms with Gasteiger partial charge in [0.05, 0.1) is 17.1 Å². The van der Waals surface area contributed by atoms with Gasteiger partial charge >= 0.3 is 5.69 Å². The number of H-pyrrole nitrogens is 2. The van der Waals surface area contributed by atoms with Crippen LogP contribution in [0.5, 0.6) is 0 Å². The molecule has 24 heavy (non-hydrogen) atoms. The Bertz CT molecular complexity index is 898. The number of imidazole rings is 1. The molecule has 6 heteroatoms. The van der Waals surface area contributed by atoms with E-state index in [0.717, 1.165) is 5.56 Å². The second-order valence-electron chi connectivity index (χ2n) is 5.85. The minimum atomic E-state index is -0.360. The zero-order valence-electron chi connectivity index (χ0n) is 13.6. The van der Waals surface area contributed by atoms with Gasteiger partial charge in [0.25, 0.3) is 0 Å². The van der Waals surface area contributed by atoms with Gasteiger partial charge in [0.2, 0.25) is 5.91 Å². The summed E-state index contributed by atoms with van der Waals surface area (Å²) in [6.45, 7) is 3.85. The van der Waals surface area contributed by atoms with Gasteiger partial charge in [-0.25, -0.2) is 4.79 Å². The number of amides is 1. The van der Waals surface area contributed by atoms with E-state index in [4.69, 9.17) is 0 Å². The molecule has 3 rings (SSSR count). The summed E-state index contributed by atoms with van der Waals surface area (Å²) >= 11 is 0. The highest BCUT2D eigenvalue weighted by atomic mass is 16.2. The van der Waals surface area contributed by atoms with Crippen LogP contribution in [0.3, 0.4) is 0 Å². The minimum Gasteiger partial charge on any atom is -0.325 e. The van der Waals surface area contributed by atoms with Gasteiger partial charge < -0.3 is 15.3 Å². The van der Waals surface area contributed by atoms with Crippen molar-refractivity contribution in [3.63, 3.8) is 0 Å². The summed E-state index contributed by atoms with van der Waals surface area (Å²) < 4.78 is 0. The Hall–Kier alpha value is -2.86. The Kier molecular flexibility index (Phi) is 4.48. The monoisotopic (exact) mass is 324 g/mol. The molecule has 6 nitrogen and oxygen atoms in total. The SMILES string of the molecule is CC(NC(C)c1ccccc1)C(=O)Nc1ccc2[nH]c(=O)[nH]c2c1. The highest BCUT2D eigenvalue weighted by molar-refractivity contribution is 5.96. The number of hydrogen-bond acceptors (Lipinski definition) is 3. The smallest absolute Gasteiger partial charge is 0.323 e. The number of anilines is 1. The molecule has 2 aromatic carbocycles. The van der Waals surface area contributed by atoms with Crippen LogP contribution in [-0.4, -0.2) is 21.9 Å². The number of rotatable bonds is 5. The summed E-state index contributed by atoms with van der Waals surface area (Å²) in [5.41, 5.74) is 2.88. The molecule has 1 aromatic heterocycles. The van der Waals surface area contributed by atoms with Gasteiger partial charge in [-0.3, -0.25) is 10.1 Å². The van der Waals surface area contributed by atoms with Gasteiger partial charge in [-0.15, -0.1) is 0 Å². The molecule has 0 saturated carbocycles. The Morgan fingerprint density at radius 3 is 2.46 bits per heavy atom. The second kappa shape index (κ2) is 6.72. The maximum Gasteiger partial charge on any atom is 0.323 e. The third kappa shape index (κ3) is 3.55. The standard InChI is InChI=1S/C18H20N4O2/c1-11(13-6-4-3-5-7-13)19-12(2)17(23)20-14-8-9-15-16(10-14)22-18(24)21-15/h3-12,19H,1-2H3,(H,20,23)(H2,21,22,24). The molecule has 0 aliphatic heterocycles. The maximum absolute atomic E-state index is 12.4. The van der Waals surface area contributed by atoms with Crippen molar-refractivity contribution in [2.45, 2.75) is 25.9 Å². The van der Waals surface area contributed by atoms with E-state index in [1.54, 1.807) is 18.2 Å². The number of aromatic amines is 2. The predicted octanol–water partition coefficient (Wildman–Crippen LogP) is 2.53. The first-order chi connectivity index (χ1) is 11.5. The number of benzene rings is 2. The zero-order chi connectivity index (χ0) is 17.1. The number of carbonyl (C=O) groups is 1. The third-order valence-corrected chi connectivity index (χ3v) is 3.98. The van der Waals surface area contributed by atoms with Crippen LogP contribution < -0.4 is 16.3 Å². The van der Waals surface area contributed by atoms with Crippen LogP contribution >= 0.6 is 0 Å². The van der Waals surface area contributed by atoms with E-state index < -0.39 is 0 Å². The lowest BCUT2D eigenvalue weighted by Crippen LogP contribution is -2.39. The fraction of sp³-hybridized carbons (Fsp3) is 0.222. The lowest BCUT2D eigenvalue weighted by atomic mass is 10.1. The molecule has 0 aliphatic rings. The first-order valence-corrected chi connectivity index (χ1v) is 7.87. The van der Waals surface area contributed by atoms with Gasteiger partial charge in [0, 0.05) is 11.7 Å². The Balaban J connectivity index is 1.65. The van der Waals surface area contributed by atoms with Crippen LogP contribution in [0.2, 0.25) is 0 Å². The summed E-state index contributed by atoms with van der Waals surface area (Å²) in [5.74, 6) is -0.130. The molecule has 0 radical (unpaired) electrons. The van der Waals surface area contributed by atoms with Gasteiger partial charge in [-0.05, 0) is 37.6 Å². The van der Waals surface area contributed by atoms with E-state index in [1.165, 1.54) is 0 Å². The molecule has 0 spiro atoms. The molecule has 2 unspecified atom stereocenters. The number of nitrogens with one attached hydrogen (secondary N) is 4. The van der Waals surface area contributed by atoms with Crippen molar-refractivity contribution in [2.24, 2.45) is 0 Å². The normalized spacial score (nSPS) is 13.6. The lowest BCUT2D eigenvalue weighted by Gasteiger charge is -2.20. The van der Waals surface area contributed by atoms with Crippen molar-refractivity contribution < 1.29 is 4.79 Å². The quantitative estimate of drug-likeness (QED) is 0.581. The summed E-state index contributed by atoms with van der Waals surface area (Å²) in [6, 6.07) is 14.9. The van der Waals surface area contributed by atoms with Gasteiger partial charge in [0.15, 0.2) is 0 Å². The fourth-order valence-electron chi connectivity index (χ4n) is 2.65. The Morgan fingerprint density at radius 1 is 1.00 bits per heavy atom. The Labute approximate surface area is 139 Å². The number of hydrogen-bond donors (Lipinski definition) is 4. The van der Waals surface area contributed by atoms with Crippen LogP contribution in [0, 0.1) is 0 Å². The van der Waals surface area contributed by atoms with Gasteiger partial charge in [-0.2, -0.15) is 0 Å². The summed E-state index contributed by atoms with van der Waals surface area (Å²) in [7, 11) is 0. The van der Waals surface area contributed by atoms with Crippen molar-refractivity contribution in [1.29, 1.82) is 0 Å². The van der Waals surface area contributed by atoms with Gasteiger partial charge in [0.1, 0.15) is 0 Å². The molecule has 0 fully saturated rings. The summed E-state index contributed by atoms with van der Waals surface area (Å²) in [5, 5.41) is 6.14. The van der Waals surface area contributed by atoms with Crippen molar-refractivity contribution in [2.75, 3.05) is 5.32 Å². The van der Waals surface area contributed by atoms with Crippen molar-refractivity contribution >= 4 is 22.6 Å². The fourth-order valence-corrected chi connectivity index (χ4v) is 2.65. The maximum atomic E-state index is 12.4. The van der Waals surface area contributed by atoms with Crippen LogP contribution in [0.25, 0.3) is 11.0 Å². The zero-order valence-corrected chi connectivity index (χ0v) is 13.6. The van der Waals surface area contributed by atoms with Crippen molar-refractivity contribution in [3.05, 3.63) is 64.6 Å². The van der Waals surface area contributed by atoms with E-state index in [9.17, 15) is 9.59 Å². The molecule has 0 saturated heterocycles. The second-order valence-corrected chi connectivity index (χ2v) is 5.85. The molecule has 0 aliphatic carbocycles. The predicted molar refractivity (Wildman–Crippen MR) is 95.0 cm³/mol. The first kappa shape index (κ1) is 16.0. The van der Waals surface area contributed by atoms with Gasteiger partial charge in [-0.1, -0.05) is 30.3 Å². The van der Waals surface area contributed by atoms with Crippen LogP contribution in [0.1, 0.15) is 25.5 Å². The van der Waals surface area contributed by atoms with Crippen molar-refractivity contribution in [1.82, 2.24) is 15.3 Å². The first-order valence-electron chi connectivity index (χ1n) is 7.87. The molecule has 3 aromatic rings. The molecule has 1 heterocycles. The molecule has 0 bridgehead atoms. The highest BCUT2D eigenvalue weighted by Gasteiger charge is 2.16. The number of aromatic nitrogens is 2. The summed E-state index contributed by atoms with van der Waals surface area (Å²) in [4.78, 5) is 29.0. The Morgan fingerprint density at radius 2 is 1.71 bits per heavy atom. The highest BCUT2D eigenvalue weighted by Crippen LogP contribution is 2.16. The number of carbonyl (C=O) groups excluding carboxylic acids is 1. The van der Waals surface area contributed by atoms with E-state index in [1.807, 2.05) is 44.2 Å². The largest absolute Gasteiger partial charge is 0.325 e. The van der Waals surface area contributed by atoms with E-state index >= 15 is 0 Å². The lowest BCUT2D eigenvalue weighted by molar-refractivity contribution is -0.117. The van der Waals surface area contributed by atoms with Crippen LogP contribution in [0.4, 0.5) is 5.69 Å². The van der Waals surface area contributed by atoms with Crippen molar-refractivity contribution in [3.8, 4) is 0 Å². The average Bonchev–Trinajstić information content (AvgIpc) is 2.94. The molecule has 1 amide bonds. The minimum absolute atomic E-state index is 0.0652. The van der Waals surface area contributed by atoms with E-state index in [2.05, 4.69) is 20.6 Å². The van der Waals surface area contributed by atoms with E-state index in [-0.39, 0.29) is 23.7 Å². The molecular formula is C18H20N4O2. The topological polar surface area (TPSA) is 89.8 Å². The van der Waals surface area contributed by atoms with Crippen LogP contribution in [-0.2, 0) is 4.79 Å². The molecule has 124 valence electrons. The van der Waals surface area contributed by atoms with E-state index in [0.29, 0.717) is 16.7 Å². The number of fused-ring (bicyclic) bond motifs is 1. The molecular weight excluding hydrogens is 304 g/mol. The van der Waals surface area contributed by atoms with Crippen LogP contribution in [0.15, 0.2) is 53.3 Å². The third-order valence-electron chi connectivity index (χ3n) is 3.98. The molecule has 4 N–H and O–H groups in total. The molecule has 2 atom stereocenters. The average molecular weight is 324 g/mol.